The van der Waals surface area contributed by atoms with E-state index in [0.717, 1.165) is 51.6 Å². The molecule has 3 aromatic heterocycles. The van der Waals surface area contributed by atoms with E-state index in [1.54, 1.807) is 27.1 Å². The Morgan fingerprint density at radius 3 is 2.55 bits per heavy atom. The number of benzene rings is 1. The van der Waals surface area contributed by atoms with Crippen molar-refractivity contribution < 1.29 is 9.84 Å². The number of aromatic nitrogens is 3. The minimum Gasteiger partial charge on any atom is -0.401 e. The number of nitrogens with zero attached hydrogens (tertiary/aromatic N) is 4. The molecule has 0 bridgehead atoms. The Hall–Kier alpha value is -3.17. The first kappa shape index (κ1) is 26.4. The van der Waals surface area contributed by atoms with Crippen molar-refractivity contribution in [3.05, 3.63) is 76.3 Å². The van der Waals surface area contributed by atoms with E-state index in [4.69, 9.17) is 37.9 Å². The fourth-order valence-corrected chi connectivity index (χ4v) is 5.86. The van der Waals surface area contributed by atoms with Gasteiger partial charge in [0.25, 0.3) is 0 Å². The number of aliphatic hydroxyl groups is 1. The molecule has 1 aliphatic heterocycles. The molecule has 8 nitrogen and oxygen atoms in total. The number of hydrogen-bond acceptors (Lipinski definition) is 7. The molecule has 4 heterocycles. The van der Waals surface area contributed by atoms with Crippen LogP contribution in [0.1, 0.15) is 56.5 Å². The number of halogens is 1. The fourth-order valence-electron chi connectivity index (χ4n) is 5.63. The van der Waals surface area contributed by atoms with Crippen LogP contribution < -0.4 is 11.6 Å². The Morgan fingerprint density at radius 1 is 1.18 bits per heavy atom. The van der Waals surface area contributed by atoms with E-state index in [2.05, 4.69) is 16.7 Å². The van der Waals surface area contributed by atoms with Gasteiger partial charge in [-0.15, -0.1) is 0 Å². The molecule has 5 N–H and O–H groups in total. The Kier molecular flexibility index (Phi) is 7.09. The molecule has 0 saturated carbocycles. The molecule has 38 heavy (non-hydrogen) atoms. The molecule has 1 aromatic carbocycles. The third kappa shape index (κ3) is 4.73. The lowest BCUT2D eigenvalue weighted by Gasteiger charge is -2.33. The summed E-state index contributed by atoms with van der Waals surface area (Å²) in [5, 5.41) is 14.0. The molecule has 0 aliphatic carbocycles. The number of fused-ring (bicyclic) bond motifs is 3. The number of hydrazine groups is 1. The second-order valence-corrected chi connectivity index (χ2v) is 11.1. The molecular formula is C29H35ClN6O2. The zero-order chi connectivity index (χ0) is 27.2. The van der Waals surface area contributed by atoms with Gasteiger partial charge in [0.1, 0.15) is 0 Å². The van der Waals surface area contributed by atoms with Crippen molar-refractivity contribution in [1.82, 2.24) is 19.5 Å². The summed E-state index contributed by atoms with van der Waals surface area (Å²) < 4.78 is 8.02. The maximum absolute atomic E-state index is 10.9. The Bertz CT molecular complexity index is 1510. The van der Waals surface area contributed by atoms with Crippen LogP contribution in [0.2, 0.25) is 5.02 Å². The van der Waals surface area contributed by atoms with Gasteiger partial charge >= 0.3 is 0 Å². The summed E-state index contributed by atoms with van der Waals surface area (Å²) in [6, 6.07) is 11.7. The largest absolute Gasteiger partial charge is 0.401 e. The van der Waals surface area contributed by atoms with E-state index in [-0.39, 0.29) is 12.0 Å². The first-order chi connectivity index (χ1) is 18.1. The van der Waals surface area contributed by atoms with Gasteiger partial charge in [-0.3, -0.25) is 9.97 Å². The third-order valence-electron chi connectivity index (χ3n) is 7.40. The summed E-state index contributed by atoms with van der Waals surface area (Å²) in [4.78, 5) is 9.71. The van der Waals surface area contributed by atoms with Gasteiger partial charge in [0.2, 0.25) is 0 Å². The quantitative estimate of drug-likeness (QED) is 0.237. The zero-order valence-corrected chi connectivity index (χ0v) is 23.0. The number of hydrogen-bond donors (Lipinski definition) is 3. The zero-order valence-electron chi connectivity index (χ0n) is 22.3. The SMILES string of the molecule is C/C(N)=C(\c1cnc2c3ccc(C(C)(C)O)cc3n(C(c3ncccc3Cl)C3CCOCC3)c2c1)N(C)N. The second kappa shape index (κ2) is 10.2. The van der Waals surface area contributed by atoms with Crippen molar-refractivity contribution in [1.29, 1.82) is 0 Å². The molecular weight excluding hydrogens is 500 g/mol. The predicted octanol–water partition coefficient (Wildman–Crippen LogP) is 4.93. The lowest BCUT2D eigenvalue weighted by molar-refractivity contribution is 0.0547. The Balaban J connectivity index is 1.89. The number of pyridine rings is 2. The molecule has 4 aromatic rings. The standard InChI is InChI=1S/C29H35ClN6O2/c1-17(31)27(35(4)32)19-14-24-25(34-16-19)21-8-7-20(29(2,3)37)15-23(21)36(24)28(18-9-12-38-13-10-18)26-22(30)6-5-11-33-26/h5-8,11,14-16,18,28,37H,9-10,12-13,31-32H2,1-4H3/b27-17-. The molecule has 200 valence electrons. The average molecular weight is 535 g/mol. The van der Waals surface area contributed by atoms with E-state index in [9.17, 15) is 5.11 Å². The smallest absolute Gasteiger partial charge is 0.0960 e. The van der Waals surface area contributed by atoms with Crippen molar-refractivity contribution >= 4 is 39.2 Å². The van der Waals surface area contributed by atoms with Crippen molar-refractivity contribution in [2.45, 2.75) is 45.3 Å². The van der Waals surface area contributed by atoms with Crippen LogP contribution in [-0.4, -0.2) is 44.9 Å². The number of nitrogens with two attached hydrogens (primary N) is 2. The molecule has 1 aliphatic rings. The first-order valence-electron chi connectivity index (χ1n) is 12.9. The van der Waals surface area contributed by atoms with Gasteiger partial charge in [0.05, 0.1) is 44.6 Å². The van der Waals surface area contributed by atoms with Crippen LogP contribution in [0.4, 0.5) is 0 Å². The molecule has 0 radical (unpaired) electrons. The lowest BCUT2D eigenvalue weighted by Crippen LogP contribution is -2.28. The van der Waals surface area contributed by atoms with Crippen molar-refractivity contribution in [3.63, 3.8) is 0 Å². The molecule has 1 unspecified atom stereocenters. The van der Waals surface area contributed by atoms with Crippen LogP contribution in [0.3, 0.4) is 0 Å². The molecule has 1 saturated heterocycles. The van der Waals surface area contributed by atoms with E-state index in [1.807, 2.05) is 37.4 Å². The van der Waals surface area contributed by atoms with E-state index in [1.165, 1.54) is 5.01 Å². The van der Waals surface area contributed by atoms with Crippen LogP contribution in [0, 0.1) is 5.92 Å². The summed E-state index contributed by atoms with van der Waals surface area (Å²) in [5.74, 6) is 6.40. The van der Waals surface area contributed by atoms with Crippen molar-refractivity contribution in [2.24, 2.45) is 17.5 Å². The normalized spacial score (nSPS) is 16.6. The van der Waals surface area contributed by atoms with Crippen molar-refractivity contribution in [2.75, 3.05) is 20.3 Å². The first-order valence-corrected chi connectivity index (χ1v) is 13.3. The summed E-state index contributed by atoms with van der Waals surface area (Å²) >= 11 is 6.82. The van der Waals surface area contributed by atoms with E-state index < -0.39 is 5.60 Å². The molecule has 1 fully saturated rings. The van der Waals surface area contributed by atoms with Gasteiger partial charge in [0.15, 0.2) is 0 Å². The monoisotopic (exact) mass is 534 g/mol. The Labute approximate surface area is 227 Å². The topological polar surface area (TPSA) is 115 Å². The highest BCUT2D eigenvalue weighted by atomic mass is 35.5. The van der Waals surface area contributed by atoms with E-state index >= 15 is 0 Å². The maximum atomic E-state index is 10.9. The van der Waals surface area contributed by atoms with E-state index in [0.29, 0.717) is 29.6 Å². The summed E-state index contributed by atoms with van der Waals surface area (Å²) in [5.41, 5.74) is 11.7. The summed E-state index contributed by atoms with van der Waals surface area (Å²) in [6.45, 7) is 6.77. The average Bonchev–Trinajstić information content (AvgIpc) is 3.18. The predicted molar refractivity (Wildman–Crippen MR) is 152 cm³/mol. The van der Waals surface area contributed by atoms with Gasteiger partial charge in [-0.05, 0) is 69.4 Å². The molecule has 1 atom stereocenters. The van der Waals surface area contributed by atoms with Gasteiger partial charge in [-0.25, -0.2) is 5.84 Å². The third-order valence-corrected chi connectivity index (χ3v) is 7.72. The minimum atomic E-state index is -1.01. The van der Waals surface area contributed by atoms with Crippen LogP contribution >= 0.6 is 11.6 Å². The highest BCUT2D eigenvalue weighted by Crippen LogP contribution is 2.42. The number of allylic oxidation sites excluding steroid dienone is 1. The van der Waals surface area contributed by atoms with Crippen LogP contribution in [0.5, 0.6) is 0 Å². The summed E-state index contributed by atoms with van der Waals surface area (Å²) in [7, 11) is 1.76. The fraction of sp³-hybridized carbons (Fsp3) is 0.379. The van der Waals surface area contributed by atoms with Crippen LogP contribution in [0.25, 0.3) is 27.6 Å². The highest BCUT2D eigenvalue weighted by Gasteiger charge is 2.33. The van der Waals surface area contributed by atoms with Gasteiger partial charge in [-0.1, -0.05) is 23.7 Å². The van der Waals surface area contributed by atoms with Gasteiger partial charge in [0, 0.05) is 49.3 Å². The minimum absolute atomic E-state index is 0.177. The maximum Gasteiger partial charge on any atom is 0.0960 e. The molecule has 5 rings (SSSR count). The van der Waals surface area contributed by atoms with Crippen LogP contribution in [0.15, 0.2) is 54.5 Å². The molecule has 0 spiro atoms. The van der Waals surface area contributed by atoms with Crippen LogP contribution in [-0.2, 0) is 10.3 Å². The number of ether oxygens (including phenoxy) is 1. The van der Waals surface area contributed by atoms with Gasteiger partial charge in [-0.2, -0.15) is 0 Å². The van der Waals surface area contributed by atoms with Gasteiger partial charge < -0.3 is 25.2 Å². The van der Waals surface area contributed by atoms with Crippen molar-refractivity contribution in [3.8, 4) is 0 Å². The molecule has 9 heteroatoms. The lowest BCUT2D eigenvalue weighted by atomic mass is 9.88. The highest BCUT2D eigenvalue weighted by molar-refractivity contribution is 6.31. The second-order valence-electron chi connectivity index (χ2n) is 10.7. The Morgan fingerprint density at radius 2 is 1.92 bits per heavy atom. The summed E-state index contributed by atoms with van der Waals surface area (Å²) in [6.07, 6.45) is 5.34. The molecule has 0 amide bonds. The number of rotatable bonds is 6.